The first-order chi connectivity index (χ1) is 12.9. The minimum absolute atomic E-state index is 0.0461. The summed E-state index contributed by atoms with van der Waals surface area (Å²) < 4.78 is 1.67. The minimum atomic E-state index is -0.113. The van der Waals surface area contributed by atoms with Crippen molar-refractivity contribution in [2.45, 2.75) is 13.0 Å². The van der Waals surface area contributed by atoms with Crippen LogP contribution in [-0.4, -0.2) is 36.6 Å². The number of pyridine rings is 1. The quantitative estimate of drug-likeness (QED) is 0.684. The molecule has 138 valence electrons. The molecule has 0 N–H and O–H groups in total. The van der Waals surface area contributed by atoms with Gasteiger partial charge in [-0.1, -0.05) is 30.3 Å². The summed E-state index contributed by atoms with van der Waals surface area (Å²) in [6.07, 6.45) is 0. The van der Waals surface area contributed by atoms with E-state index >= 15 is 0 Å². The Hall–Kier alpha value is -2.86. The summed E-state index contributed by atoms with van der Waals surface area (Å²) in [5.74, 6) is -0.113. The molecule has 1 amide bonds. The summed E-state index contributed by atoms with van der Waals surface area (Å²) in [5, 5.41) is 3.94. The molecule has 0 radical (unpaired) electrons. The number of aromatic nitrogens is 1. The van der Waals surface area contributed by atoms with Crippen molar-refractivity contribution in [3.05, 3.63) is 69.3 Å². The van der Waals surface area contributed by atoms with Crippen LogP contribution in [0.4, 0.5) is 0 Å². The predicted molar refractivity (Wildman–Crippen MR) is 110 cm³/mol. The summed E-state index contributed by atoms with van der Waals surface area (Å²) in [7, 11) is 5.36. The van der Waals surface area contributed by atoms with Crippen LogP contribution in [-0.2, 0) is 0 Å². The second-order valence-corrected chi connectivity index (χ2v) is 7.87. The maximum absolute atomic E-state index is 13.4. The standard InChI is InChI=1S/C21H21N3O2S/c1-13-15-10-11-27-19(15)18-17(20(25)22(2)3)12-16(14-8-6-5-7-9-14)21(26)24(18)23(13)4/h5-13H,1-4H3. The fraction of sp³-hybridized carbons (Fsp3) is 0.238. The summed E-state index contributed by atoms with van der Waals surface area (Å²) in [5.41, 5.74) is 3.60. The van der Waals surface area contributed by atoms with E-state index in [0.29, 0.717) is 16.8 Å². The highest BCUT2D eigenvalue weighted by Crippen LogP contribution is 2.41. The number of benzene rings is 1. The van der Waals surface area contributed by atoms with Crippen molar-refractivity contribution in [1.29, 1.82) is 0 Å². The van der Waals surface area contributed by atoms with E-state index in [9.17, 15) is 9.59 Å². The third-order valence-corrected chi connectivity index (χ3v) is 6.07. The number of hydrogen-bond acceptors (Lipinski definition) is 4. The Labute approximate surface area is 162 Å². The van der Waals surface area contributed by atoms with Gasteiger partial charge >= 0.3 is 0 Å². The smallest absolute Gasteiger partial charge is 0.277 e. The Kier molecular flexibility index (Phi) is 4.15. The van der Waals surface area contributed by atoms with Gasteiger partial charge in [-0.05, 0) is 35.6 Å². The molecule has 6 heteroatoms. The topological polar surface area (TPSA) is 45.6 Å². The fourth-order valence-electron chi connectivity index (χ4n) is 3.57. The Morgan fingerprint density at radius 2 is 1.85 bits per heavy atom. The number of carbonyl (C=O) groups is 1. The van der Waals surface area contributed by atoms with Crippen molar-refractivity contribution < 1.29 is 4.79 Å². The van der Waals surface area contributed by atoms with Gasteiger partial charge in [-0.25, -0.2) is 4.68 Å². The maximum atomic E-state index is 13.4. The molecule has 0 aliphatic carbocycles. The van der Waals surface area contributed by atoms with Crippen LogP contribution in [0.3, 0.4) is 0 Å². The van der Waals surface area contributed by atoms with Gasteiger partial charge in [0.15, 0.2) is 0 Å². The Morgan fingerprint density at radius 1 is 1.15 bits per heavy atom. The molecule has 3 heterocycles. The lowest BCUT2D eigenvalue weighted by atomic mass is 9.98. The van der Waals surface area contributed by atoms with Gasteiger partial charge in [-0.3, -0.25) is 9.59 Å². The number of thiophene rings is 1. The molecule has 0 saturated carbocycles. The third kappa shape index (κ3) is 2.59. The molecule has 5 nitrogen and oxygen atoms in total. The van der Waals surface area contributed by atoms with Crippen molar-refractivity contribution in [2.75, 3.05) is 26.2 Å². The second-order valence-electron chi connectivity index (χ2n) is 6.96. The van der Waals surface area contributed by atoms with Crippen LogP contribution in [0, 0.1) is 0 Å². The SMILES string of the molecule is CC1c2ccsc2-c2c(C(=O)N(C)C)cc(-c3ccccc3)c(=O)n2N1C. The molecule has 3 aromatic rings. The lowest BCUT2D eigenvalue weighted by Crippen LogP contribution is -2.45. The number of fused-ring (bicyclic) bond motifs is 3. The lowest BCUT2D eigenvalue weighted by Gasteiger charge is -2.36. The molecule has 1 aromatic carbocycles. The van der Waals surface area contributed by atoms with E-state index in [1.165, 1.54) is 0 Å². The van der Waals surface area contributed by atoms with E-state index in [2.05, 4.69) is 13.0 Å². The largest absolute Gasteiger partial charge is 0.345 e. The van der Waals surface area contributed by atoms with E-state index < -0.39 is 0 Å². The summed E-state index contributed by atoms with van der Waals surface area (Å²) >= 11 is 1.57. The molecule has 1 aliphatic rings. The molecular formula is C21H21N3O2S. The molecule has 1 aliphatic heterocycles. The molecule has 1 atom stereocenters. The van der Waals surface area contributed by atoms with Crippen LogP contribution < -0.4 is 10.6 Å². The van der Waals surface area contributed by atoms with Crippen LogP contribution in [0.5, 0.6) is 0 Å². The van der Waals surface area contributed by atoms with Crippen LogP contribution in [0.1, 0.15) is 28.9 Å². The monoisotopic (exact) mass is 379 g/mol. The lowest BCUT2D eigenvalue weighted by molar-refractivity contribution is 0.0827. The average Bonchev–Trinajstić information content (AvgIpc) is 3.15. The highest BCUT2D eigenvalue weighted by atomic mass is 32.1. The van der Waals surface area contributed by atoms with Crippen LogP contribution in [0.2, 0.25) is 0 Å². The van der Waals surface area contributed by atoms with Crippen molar-refractivity contribution in [3.63, 3.8) is 0 Å². The molecule has 4 rings (SSSR count). The molecule has 2 aromatic heterocycles. The first-order valence-electron chi connectivity index (χ1n) is 8.79. The van der Waals surface area contributed by atoms with Crippen molar-refractivity contribution in [2.24, 2.45) is 0 Å². The molecule has 0 saturated heterocycles. The van der Waals surface area contributed by atoms with Crippen LogP contribution in [0.25, 0.3) is 21.7 Å². The zero-order valence-electron chi connectivity index (χ0n) is 15.8. The number of amides is 1. The van der Waals surface area contributed by atoms with Gasteiger partial charge in [0.1, 0.15) is 0 Å². The number of rotatable bonds is 2. The van der Waals surface area contributed by atoms with Gasteiger partial charge in [-0.15, -0.1) is 11.3 Å². The normalized spacial score (nSPS) is 15.3. The van der Waals surface area contributed by atoms with Crippen LogP contribution in [0.15, 0.2) is 52.6 Å². The van der Waals surface area contributed by atoms with E-state index in [-0.39, 0.29) is 17.5 Å². The van der Waals surface area contributed by atoms with E-state index in [1.54, 1.807) is 41.1 Å². The predicted octanol–water partition coefficient (Wildman–Crippen LogP) is 3.59. The van der Waals surface area contributed by atoms with Gasteiger partial charge in [-0.2, -0.15) is 0 Å². The van der Waals surface area contributed by atoms with Gasteiger partial charge < -0.3 is 9.91 Å². The van der Waals surface area contributed by atoms with Gasteiger partial charge in [0.25, 0.3) is 11.5 Å². The molecule has 0 spiro atoms. The summed E-state index contributed by atoms with van der Waals surface area (Å²) in [6, 6.07) is 13.4. The first-order valence-corrected chi connectivity index (χ1v) is 9.67. The molecular weight excluding hydrogens is 358 g/mol. The Morgan fingerprint density at radius 3 is 2.52 bits per heavy atom. The van der Waals surface area contributed by atoms with Crippen molar-refractivity contribution >= 4 is 17.2 Å². The maximum Gasteiger partial charge on any atom is 0.277 e. The highest BCUT2D eigenvalue weighted by molar-refractivity contribution is 7.13. The zero-order chi connectivity index (χ0) is 19.3. The second kappa shape index (κ2) is 6.39. The first kappa shape index (κ1) is 17.5. The third-order valence-electron chi connectivity index (χ3n) is 5.14. The van der Waals surface area contributed by atoms with E-state index in [1.807, 2.05) is 47.8 Å². The van der Waals surface area contributed by atoms with Crippen LogP contribution >= 0.6 is 11.3 Å². The average molecular weight is 379 g/mol. The summed E-state index contributed by atoms with van der Waals surface area (Å²) in [6.45, 7) is 2.07. The molecule has 0 fully saturated rings. The number of nitrogens with zero attached hydrogens (tertiary/aromatic N) is 3. The number of hydrogen-bond donors (Lipinski definition) is 0. The van der Waals surface area contributed by atoms with E-state index in [0.717, 1.165) is 16.0 Å². The van der Waals surface area contributed by atoms with Gasteiger partial charge in [0.2, 0.25) is 0 Å². The highest BCUT2D eigenvalue weighted by Gasteiger charge is 2.33. The number of carbonyl (C=O) groups excluding carboxylic acids is 1. The van der Waals surface area contributed by atoms with Crippen molar-refractivity contribution in [3.8, 4) is 21.7 Å². The minimum Gasteiger partial charge on any atom is -0.345 e. The molecule has 1 unspecified atom stereocenters. The summed E-state index contributed by atoms with van der Waals surface area (Å²) in [4.78, 5) is 29.0. The molecule has 0 bridgehead atoms. The fourth-order valence-corrected chi connectivity index (χ4v) is 4.60. The Balaban J connectivity index is 2.12. The van der Waals surface area contributed by atoms with E-state index in [4.69, 9.17) is 0 Å². The van der Waals surface area contributed by atoms with Gasteiger partial charge in [0, 0.05) is 26.7 Å². The van der Waals surface area contributed by atoms with Crippen molar-refractivity contribution in [1.82, 2.24) is 9.58 Å². The van der Waals surface area contributed by atoms with Gasteiger partial charge in [0.05, 0.1) is 22.2 Å². The zero-order valence-corrected chi connectivity index (χ0v) is 16.6. The Bertz CT molecular complexity index is 1080. The molecule has 27 heavy (non-hydrogen) atoms.